The predicted molar refractivity (Wildman–Crippen MR) is 79.3 cm³/mol. The van der Waals surface area contributed by atoms with Gasteiger partial charge in [-0.2, -0.15) is 0 Å². The van der Waals surface area contributed by atoms with Crippen LogP contribution >= 0.6 is 0 Å². The lowest BCUT2D eigenvalue weighted by Crippen LogP contribution is -2.40. The minimum atomic E-state index is -0.166. The lowest BCUT2D eigenvalue weighted by Gasteiger charge is -2.30. The van der Waals surface area contributed by atoms with E-state index in [1.54, 1.807) is 0 Å². The quantitative estimate of drug-likeness (QED) is 0.886. The van der Waals surface area contributed by atoms with Crippen molar-refractivity contribution in [3.05, 3.63) is 29.8 Å². The molecule has 1 aliphatic heterocycles. The first-order valence-corrected chi connectivity index (χ1v) is 7.88. The summed E-state index contributed by atoms with van der Waals surface area (Å²) in [5.41, 5.74) is 2.07. The van der Waals surface area contributed by atoms with Gasteiger partial charge in [0, 0.05) is 17.3 Å². The number of anilines is 1. The Bertz CT molecular complexity index is 542. The summed E-state index contributed by atoms with van der Waals surface area (Å²) in [4.78, 5) is 12.2. The fourth-order valence-electron chi connectivity index (χ4n) is 4.67. The van der Waals surface area contributed by atoms with Crippen molar-refractivity contribution in [2.75, 3.05) is 5.32 Å². The van der Waals surface area contributed by atoms with Crippen molar-refractivity contribution in [2.45, 2.75) is 44.7 Å². The predicted octanol–water partition coefficient (Wildman–Crippen LogP) is 3.09. The molecule has 106 valence electrons. The maximum absolute atomic E-state index is 12.2. The zero-order valence-electron chi connectivity index (χ0n) is 11.9. The highest BCUT2D eigenvalue weighted by molar-refractivity contribution is 6.02. The number of para-hydroxylation sites is 1. The highest BCUT2D eigenvalue weighted by Gasteiger charge is 2.43. The van der Waals surface area contributed by atoms with Crippen LogP contribution in [-0.2, 0) is 4.79 Å². The van der Waals surface area contributed by atoms with E-state index in [0.717, 1.165) is 29.0 Å². The average molecular weight is 270 g/mol. The second-order valence-corrected chi connectivity index (χ2v) is 6.80. The Hall–Kier alpha value is -1.35. The van der Waals surface area contributed by atoms with E-state index in [1.807, 2.05) is 18.2 Å². The van der Waals surface area contributed by atoms with Crippen LogP contribution in [0.25, 0.3) is 0 Å². The Morgan fingerprint density at radius 2 is 2.10 bits per heavy atom. The molecular weight excluding hydrogens is 248 g/mol. The summed E-state index contributed by atoms with van der Waals surface area (Å²) < 4.78 is 0. The third-order valence-corrected chi connectivity index (χ3v) is 5.66. The zero-order valence-corrected chi connectivity index (χ0v) is 11.9. The normalized spacial score (nSPS) is 36.0. The smallest absolute Gasteiger partial charge is 0.246 e. The molecule has 3 heteroatoms. The maximum atomic E-state index is 12.2. The minimum absolute atomic E-state index is 0.0983. The molecular formula is C17H22N2O. The molecule has 4 rings (SSSR count). The Kier molecular flexibility index (Phi) is 2.84. The van der Waals surface area contributed by atoms with Crippen LogP contribution in [-0.4, -0.2) is 11.9 Å². The van der Waals surface area contributed by atoms with Gasteiger partial charge >= 0.3 is 0 Å². The fraction of sp³-hybridized carbons (Fsp3) is 0.588. The lowest BCUT2D eigenvalue weighted by molar-refractivity contribution is -0.118. The number of fused-ring (bicyclic) bond motifs is 3. The second-order valence-electron chi connectivity index (χ2n) is 6.80. The molecule has 2 saturated carbocycles. The number of hydrogen-bond acceptors (Lipinski definition) is 2. The Balaban J connectivity index is 1.50. The van der Waals surface area contributed by atoms with Gasteiger partial charge in [-0.1, -0.05) is 24.6 Å². The molecule has 0 saturated heterocycles. The van der Waals surface area contributed by atoms with Gasteiger partial charge in [0.15, 0.2) is 0 Å². The Morgan fingerprint density at radius 3 is 2.85 bits per heavy atom. The van der Waals surface area contributed by atoms with Crippen LogP contribution in [0.3, 0.4) is 0 Å². The van der Waals surface area contributed by atoms with E-state index in [0.29, 0.717) is 6.04 Å². The van der Waals surface area contributed by atoms with Gasteiger partial charge in [0.2, 0.25) is 5.91 Å². The van der Waals surface area contributed by atoms with Gasteiger partial charge in [-0.15, -0.1) is 0 Å². The molecule has 5 atom stereocenters. The van der Waals surface area contributed by atoms with Gasteiger partial charge < -0.3 is 5.32 Å². The second kappa shape index (κ2) is 4.59. The molecule has 2 fully saturated rings. The van der Waals surface area contributed by atoms with Crippen molar-refractivity contribution >= 4 is 11.6 Å². The van der Waals surface area contributed by atoms with Gasteiger partial charge in [0.25, 0.3) is 0 Å². The highest BCUT2D eigenvalue weighted by Crippen LogP contribution is 2.49. The molecule has 0 spiro atoms. The molecule has 0 aromatic heterocycles. The van der Waals surface area contributed by atoms with Crippen molar-refractivity contribution in [1.82, 2.24) is 5.32 Å². The SMILES string of the molecule is CC(NC1C(=O)Nc2ccccc21)C1CC2CCC1C2. The monoisotopic (exact) mass is 270 g/mol. The van der Waals surface area contributed by atoms with Crippen molar-refractivity contribution in [2.24, 2.45) is 17.8 Å². The van der Waals surface area contributed by atoms with Crippen LogP contribution in [0.2, 0.25) is 0 Å². The van der Waals surface area contributed by atoms with Gasteiger partial charge in [0.1, 0.15) is 6.04 Å². The molecule has 1 heterocycles. The molecule has 1 aromatic rings. The molecule has 0 radical (unpaired) electrons. The van der Waals surface area contributed by atoms with Crippen LogP contribution < -0.4 is 10.6 Å². The largest absolute Gasteiger partial charge is 0.324 e. The molecule has 20 heavy (non-hydrogen) atoms. The van der Waals surface area contributed by atoms with Crippen LogP contribution in [0, 0.1) is 17.8 Å². The first-order valence-electron chi connectivity index (χ1n) is 7.88. The number of hydrogen-bond donors (Lipinski definition) is 2. The summed E-state index contributed by atoms with van der Waals surface area (Å²) in [5, 5.41) is 6.58. The number of amides is 1. The molecule has 2 bridgehead atoms. The topological polar surface area (TPSA) is 41.1 Å². The minimum Gasteiger partial charge on any atom is -0.324 e. The van der Waals surface area contributed by atoms with Gasteiger partial charge in [-0.25, -0.2) is 0 Å². The van der Waals surface area contributed by atoms with Gasteiger partial charge in [0.05, 0.1) is 0 Å². The van der Waals surface area contributed by atoms with Gasteiger partial charge in [-0.3, -0.25) is 10.1 Å². The zero-order chi connectivity index (χ0) is 13.7. The summed E-state index contributed by atoms with van der Waals surface area (Å²) >= 11 is 0. The molecule has 1 amide bonds. The summed E-state index contributed by atoms with van der Waals surface area (Å²) in [5.74, 6) is 2.71. The van der Waals surface area contributed by atoms with E-state index >= 15 is 0 Å². The number of benzene rings is 1. The first-order chi connectivity index (χ1) is 9.72. The summed E-state index contributed by atoms with van der Waals surface area (Å²) in [7, 11) is 0. The van der Waals surface area contributed by atoms with Crippen LogP contribution in [0.5, 0.6) is 0 Å². The number of rotatable bonds is 3. The van der Waals surface area contributed by atoms with Crippen molar-refractivity contribution in [3.63, 3.8) is 0 Å². The van der Waals surface area contributed by atoms with Crippen molar-refractivity contribution in [1.29, 1.82) is 0 Å². The summed E-state index contributed by atoms with van der Waals surface area (Å²) in [6, 6.07) is 8.28. The summed E-state index contributed by atoms with van der Waals surface area (Å²) in [6.07, 6.45) is 5.61. The Labute approximate surface area is 120 Å². The highest BCUT2D eigenvalue weighted by atomic mass is 16.2. The molecule has 5 unspecified atom stereocenters. The molecule has 2 aliphatic carbocycles. The lowest BCUT2D eigenvalue weighted by atomic mass is 9.83. The molecule has 3 nitrogen and oxygen atoms in total. The first kappa shape index (κ1) is 12.4. The summed E-state index contributed by atoms with van der Waals surface area (Å²) in [6.45, 7) is 2.26. The van der Waals surface area contributed by atoms with Crippen LogP contribution in [0.4, 0.5) is 5.69 Å². The number of carbonyl (C=O) groups is 1. The van der Waals surface area contributed by atoms with Crippen molar-refractivity contribution < 1.29 is 4.79 Å². The molecule has 1 aromatic carbocycles. The van der Waals surface area contributed by atoms with Crippen molar-refractivity contribution in [3.8, 4) is 0 Å². The Morgan fingerprint density at radius 1 is 1.25 bits per heavy atom. The van der Waals surface area contributed by atoms with E-state index in [9.17, 15) is 4.79 Å². The fourth-order valence-corrected chi connectivity index (χ4v) is 4.67. The third-order valence-electron chi connectivity index (χ3n) is 5.66. The standard InChI is InChI=1S/C17H22N2O/c1-10(14-9-11-6-7-12(14)8-11)18-16-13-4-2-3-5-15(13)19-17(16)20/h2-5,10-12,14,16,18H,6-9H2,1H3,(H,19,20). The van der Waals surface area contributed by atoms with E-state index in [1.165, 1.54) is 25.7 Å². The maximum Gasteiger partial charge on any atom is 0.246 e. The van der Waals surface area contributed by atoms with Crippen LogP contribution in [0.15, 0.2) is 24.3 Å². The van der Waals surface area contributed by atoms with Crippen LogP contribution in [0.1, 0.15) is 44.2 Å². The third kappa shape index (κ3) is 1.87. The van der Waals surface area contributed by atoms with Gasteiger partial charge in [-0.05, 0) is 50.0 Å². The number of nitrogens with one attached hydrogen (secondary N) is 2. The van der Waals surface area contributed by atoms with E-state index in [-0.39, 0.29) is 11.9 Å². The number of carbonyl (C=O) groups excluding carboxylic acids is 1. The van der Waals surface area contributed by atoms with E-state index in [2.05, 4.69) is 23.6 Å². The van der Waals surface area contributed by atoms with E-state index in [4.69, 9.17) is 0 Å². The molecule has 3 aliphatic rings. The average Bonchev–Trinajstić information content (AvgIpc) is 3.14. The molecule has 2 N–H and O–H groups in total. The van der Waals surface area contributed by atoms with E-state index < -0.39 is 0 Å².